The molecule has 13 heavy (non-hydrogen) atoms. The summed E-state index contributed by atoms with van der Waals surface area (Å²) in [5.41, 5.74) is 0. The lowest BCUT2D eigenvalue weighted by Crippen LogP contribution is -2.22. The molecule has 0 unspecified atom stereocenters. The van der Waals surface area contributed by atoms with Crippen LogP contribution < -0.4 is 0 Å². The van der Waals surface area contributed by atoms with Crippen molar-refractivity contribution in [1.82, 2.24) is 15.1 Å². The van der Waals surface area contributed by atoms with Crippen LogP contribution in [-0.2, 0) is 6.54 Å². The summed E-state index contributed by atoms with van der Waals surface area (Å²) in [6.07, 6.45) is 0. The van der Waals surface area contributed by atoms with Crippen molar-refractivity contribution in [2.24, 2.45) is 0 Å². The quantitative estimate of drug-likeness (QED) is 0.712. The first-order valence-corrected chi connectivity index (χ1v) is 4.95. The summed E-state index contributed by atoms with van der Waals surface area (Å²) in [4.78, 5) is 12.9. The molecule has 0 N–H and O–H groups in total. The first-order valence-electron chi connectivity index (χ1n) is 3.96. The van der Waals surface area contributed by atoms with Gasteiger partial charge in [0.1, 0.15) is 0 Å². The molecule has 0 bridgehead atoms. The van der Waals surface area contributed by atoms with E-state index in [1.165, 1.54) is 11.8 Å². The molecule has 5 nitrogen and oxygen atoms in total. The van der Waals surface area contributed by atoms with Gasteiger partial charge in [0.05, 0.1) is 6.54 Å². The highest BCUT2D eigenvalue weighted by Crippen LogP contribution is 2.19. The van der Waals surface area contributed by atoms with Crippen LogP contribution in [0.5, 0.6) is 0 Å². The van der Waals surface area contributed by atoms with Crippen LogP contribution in [0.4, 0.5) is 4.79 Å². The van der Waals surface area contributed by atoms with Gasteiger partial charge in [-0.25, -0.2) is 0 Å². The van der Waals surface area contributed by atoms with Crippen molar-refractivity contribution in [1.29, 1.82) is 0 Å². The topological polar surface area (TPSA) is 59.2 Å². The number of amides is 1. The Hall–Kier alpha value is -1.04. The summed E-state index contributed by atoms with van der Waals surface area (Å²) in [6.45, 7) is 2.94. The lowest BCUT2D eigenvalue weighted by molar-refractivity contribution is 0.221. The second kappa shape index (κ2) is 3.37. The standard InChI is InChI=1S/C7H9N3O2S/c1-5-8-9-6(12-5)4-10-2-3-13-7(10)11/h2-4H2,1H3. The molecule has 1 aliphatic rings. The molecule has 1 saturated heterocycles. The number of hydrogen-bond acceptors (Lipinski definition) is 5. The van der Waals surface area contributed by atoms with Gasteiger partial charge in [-0.1, -0.05) is 11.8 Å². The summed E-state index contributed by atoms with van der Waals surface area (Å²) in [5.74, 6) is 1.90. The maximum Gasteiger partial charge on any atom is 0.282 e. The summed E-state index contributed by atoms with van der Waals surface area (Å²) in [6, 6.07) is 0. The molecule has 0 radical (unpaired) electrons. The Morgan fingerprint density at radius 2 is 2.46 bits per heavy atom. The smallest absolute Gasteiger partial charge is 0.282 e. The average molecular weight is 199 g/mol. The summed E-state index contributed by atoms with van der Waals surface area (Å²) in [7, 11) is 0. The number of rotatable bonds is 2. The Balaban J connectivity index is 2.01. The molecule has 70 valence electrons. The van der Waals surface area contributed by atoms with Crippen molar-refractivity contribution in [3.05, 3.63) is 11.8 Å². The van der Waals surface area contributed by atoms with Gasteiger partial charge in [-0.3, -0.25) is 4.79 Å². The Morgan fingerprint density at radius 3 is 3.00 bits per heavy atom. The maximum atomic E-state index is 11.2. The molecule has 1 aromatic rings. The molecule has 2 rings (SSSR count). The van der Waals surface area contributed by atoms with Crippen molar-refractivity contribution in [2.45, 2.75) is 13.5 Å². The largest absolute Gasteiger partial charge is 0.424 e. The highest BCUT2D eigenvalue weighted by Gasteiger charge is 2.22. The number of carbonyl (C=O) groups excluding carboxylic acids is 1. The maximum absolute atomic E-state index is 11.2. The van der Waals surface area contributed by atoms with Crippen molar-refractivity contribution in [3.63, 3.8) is 0 Å². The lowest BCUT2D eigenvalue weighted by Gasteiger charge is -2.10. The Morgan fingerprint density at radius 1 is 1.62 bits per heavy atom. The Kier molecular flexibility index (Phi) is 2.22. The van der Waals surface area contributed by atoms with E-state index in [9.17, 15) is 4.79 Å². The molecule has 0 atom stereocenters. The zero-order chi connectivity index (χ0) is 9.26. The van der Waals surface area contributed by atoms with E-state index in [4.69, 9.17) is 4.42 Å². The molecule has 0 aliphatic carbocycles. The zero-order valence-electron chi connectivity index (χ0n) is 7.19. The fraction of sp³-hybridized carbons (Fsp3) is 0.571. The minimum Gasteiger partial charge on any atom is -0.424 e. The molecule has 1 fully saturated rings. The van der Waals surface area contributed by atoms with Crippen LogP contribution in [0.1, 0.15) is 11.8 Å². The van der Waals surface area contributed by atoms with Gasteiger partial charge in [-0.05, 0) is 0 Å². The molecule has 1 aromatic heterocycles. The number of aryl methyl sites for hydroxylation is 1. The van der Waals surface area contributed by atoms with Gasteiger partial charge < -0.3 is 9.32 Å². The van der Waals surface area contributed by atoms with E-state index in [1.54, 1.807) is 11.8 Å². The fourth-order valence-electron chi connectivity index (χ4n) is 1.13. The van der Waals surface area contributed by atoms with E-state index < -0.39 is 0 Å². The minimum absolute atomic E-state index is 0.0934. The number of nitrogens with zero attached hydrogens (tertiary/aromatic N) is 3. The van der Waals surface area contributed by atoms with Gasteiger partial charge in [0.25, 0.3) is 5.24 Å². The highest BCUT2D eigenvalue weighted by molar-refractivity contribution is 8.13. The van der Waals surface area contributed by atoms with Crippen LogP contribution in [0.2, 0.25) is 0 Å². The highest BCUT2D eigenvalue weighted by atomic mass is 32.2. The van der Waals surface area contributed by atoms with E-state index in [0.717, 1.165) is 12.3 Å². The van der Waals surface area contributed by atoms with Crippen LogP contribution in [-0.4, -0.2) is 32.6 Å². The molecule has 0 spiro atoms. The van der Waals surface area contributed by atoms with E-state index in [-0.39, 0.29) is 5.24 Å². The van der Waals surface area contributed by atoms with Crippen LogP contribution >= 0.6 is 11.8 Å². The molecule has 0 saturated carbocycles. The van der Waals surface area contributed by atoms with Crippen molar-refractivity contribution >= 4 is 17.0 Å². The van der Waals surface area contributed by atoms with Gasteiger partial charge in [0, 0.05) is 19.2 Å². The van der Waals surface area contributed by atoms with Crippen molar-refractivity contribution in [2.75, 3.05) is 12.3 Å². The van der Waals surface area contributed by atoms with E-state index in [1.807, 2.05) is 0 Å². The number of aromatic nitrogens is 2. The zero-order valence-corrected chi connectivity index (χ0v) is 8.00. The van der Waals surface area contributed by atoms with E-state index in [0.29, 0.717) is 18.3 Å². The predicted octanol–water partition coefficient (Wildman–Crippen LogP) is 1.05. The van der Waals surface area contributed by atoms with Crippen molar-refractivity contribution in [3.8, 4) is 0 Å². The van der Waals surface area contributed by atoms with E-state index >= 15 is 0 Å². The number of carbonyl (C=O) groups is 1. The monoisotopic (exact) mass is 199 g/mol. The molecule has 6 heteroatoms. The second-order valence-electron chi connectivity index (χ2n) is 2.75. The van der Waals surface area contributed by atoms with Crippen LogP contribution in [0.3, 0.4) is 0 Å². The SMILES string of the molecule is Cc1nnc(CN2CCSC2=O)o1. The predicted molar refractivity (Wildman–Crippen MR) is 47.3 cm³/mol. The van der Waals surface area contributed by atoms with Gasteiger partial charge in [-0.2, -0.15) is 0 Å². The summed E-state index contributed by atoms with van der Waals surface area (Å²) in [5, 5.41) is 7.61. The van der Waals surface area contributed by atoms with Crippen LogP contribution in [0, 0.1) is 6.92 Å². The second-order valence-corrected chi connectivity index (χ2v) is 3.80. The molecule has 1 amide bonds. The van der Waals surface area contributed by atoms with Gasteiger partial charge >= 0.3 is 0 Å². The first kappa shape index (κ1) is 8.55. The fourth-order valence-corrected chi connectivity index (χ4v) is 1.96. The number of thioether (sulfide) groups is 1. The van der Waals surface area contributed by atoms with E-state index in [2.05, 4.69) is 10.2 Å². The van der Waals surface area contributed by atoms with Gasteiger partial charge in [-0.15, -0.1) is 10.2 Å². The average Bonchev–Trinajstić information content (AvgIpc) is 2.64. The normalized spacial score (nSPS) is 17.0. The Labute approximate surface area is 79.5 Å². The lowest BCUT2D eigenvalue weighted by atomic mass is 10.5. The van der Waals surface area contributed by atoms with Crippen molar-refractivity contribution < 1.29 is 9.21 Å². The molecule has 2 heterocycles. The molecular formula is C7H9N3O2S. The third kappa shape index (κ3) is 1.82. The third-order valence-electron chi connectivity index (χ3n) is 1.74. The van der Waals surface area contributed by atoms with Crippen LogP contribution in [0.25, 0.3) is 0 Å². The number of hydrogen-bond donors (Lipinski definition) is 0. The van der Waals surface area contributed by atoms with Crippen LogP contribution in [0.15, 0.2) is 4.42 Å². The Bertz CT molecular complexity index is 325. The van der Waals surface area contributed by atoms with Gasteiger partial charge in [0.15, 0.2) is 0 Å². The molecule has 1 aliphatic heterocycles. The first-order chi connectivity index (χ1) is 6.25. The third-order valence-corrected chi connectivity index (χ3v) is 2.63. The van der Waals surface area contributed by atoms with Gasteiger partial charge in [0.2, 0.25) is 11.8 Å². The summed E-state index contributed by atoms with van der Waals surface area (Å²) >= 11 is 1.33. The minimum atomic E-state index is 0.0934. The molecule has 0 aromatic carbocycles. The summed E-state index contributed by atoms with van der Waals surface area (Å²) < 4.78 is 5.17. The molecular weight excluding hydrogens is 190 g/mol.